The molecule has 0 aromatic heterocycles. The van der Waals surface area contributed by atoms with Gasteiger partial charge in [-0.2, -0.15) is 4.31 Å². The second kappa shape index (κ2) is 9.19. The van der Waals surface area contributed by atoms with Gasteiger partial charge < -0.3 is 19.1 Å². The van der Waals surface area contributed by atoms with Crippen LogP contribution >= 0.6 is 0 Å². The largest absolute Gasteiger partial charge is 0.497 e. The third kappa shape index (κ3) is 4.23. The van der Waals surface area contributed by atoms with Crippen LogP contribution in [-0.4, -0.2) is 94.6 Å². The van der Waals surface area contributed by atoms with E-state index in [-0.39, 0.29) is 61.4 Å². The summed E-state index contributed by atoms with van der Waals surface area (Å²) in [6.07, 6.45) is 0.894. The number of methoxy groups -OCH3 is 3. The van der Waals surface area contributed by atoms with Gasteiger partial charge in [0.25, 0.3) is 0 Å². The molecule has 0 radical (unpaired) electrons. The first-order valence-corrected chi connectivity index (χ1v) is 11.1. The van der Waals surface area contributed by atoms with Gasteiger partial charge >= 0.3 is 6.03 Å². The van der Waals surface area contributed by atoms with E-state index in [2.05, 4.69) is 0 Å². The Kier molecular flexibility index (Phi) is 6.84. The van der Waals surface area contributed by atoms with Gasteiger partial charge in [0.1, 0.15) is 22.9 Å². The Morgan fingerprint density at radius 3 is 2.37 bits per heavy atom. The molecule has 0 unspecified atom stereocenters. The van der Waals surface area contributed by atoms with Crippen molar-refractivity contribution < 1.29 is 32.2 Å². The van der Waals surface area contributed by atoms with Crippen molar-refractivity contribution in [3.05, 3.63) is 18.2 Å². The monoisotopic (exact) mass is 441 g/mol. The maximum atomic E-state index is 13.2. The van der Waals surface area contributed by atoms with E-state index < -0.39 is 10.0 Å². The minimum absolute atomic E-state index is 0.0175. The van der Waals surface area contributed by atoms with Gasteiger partial charge in [-0.05, 0) is 25.0 Å². The Morgan fingerprint density at radius 1 is 1.07 bits per heavy atom. The van der Waals surface area contributed by atoms with Crippen LogP contribution < -0.4 is 9.47 Å². The Labute approximate surface area is 176 Å². The highest BCUT2D eigenvalue weighted by Gasteiger charge is 2.42. The molecule has 2 aliphatic heterocycles. The zero-order chi connectivity index (χ0) is 21.9. The van der Waals surface area contributed by atoms with E-state index in [0.29, 0.717) is 18.6 Å². The van der Waals surface area contributed by atoms with Gasteiger partial charge in [0.2, 0.25) is 15.9 Å². The van der Waals surface area contributed by atoms with Crippen LogP contribution in [0.3, 0.4) is 0 Å². The third-order valence-electron chi connectivity index (χ3n) is 5.46. The number of hydrogen-bond donors (Lipinski definition) is 0. The number of carbonyl (C=O) groups is 2. The van der Waals surface area contributed by atoms with Crippen molar-refractivity contribution in [2.24, 2.45) is 0 Å². The fourth-order valence-corrected chi connectivity index (χ4v) is 5.41. The molecular formula is C19H27N3O7S. The first-order chi connectivity index (χ1) is 14.3. The topological polar surface area (TPSA) is 106 Å². The summed E-state index contributed by atoms with van der Waals surface area (Å²) in [4.78, 5) is 27.5. The molecule has 1 aromatic carbocycles. The molecule has 0 N–H and O–H groups in total. The second-order valence-electron chi connectivity index (χ2n) is 7.10. The molecule has 0 atom stereocenters. The van der Waals surface area contributed by atoms with Gasteiger partial charge in [0.05, 0.1) is 27.4 Å². The summed E-state index contributed by atoms with van der Waals surface area (Å²) in [7, 11) is 0.591. The van der Waals surface area contributed by atoms with E-state index in [1.807, 2.05) is 0 Å². The number of benzene rings is 1. The van der Waals surface area contributed by atoms with E-state index in [1.54, 1.807) is 12.1 Å². The van der Waals surface area contributed by atoms with Crippen LogP contribution in [0.4, 0.5) is 4.79 Å². The molecular weight excluding hydrogens is 414 g/mol. The SMILES string of the molecule is COCCN1C(=O)CN(C2CCN(S(=O)(=O)c3cc(OC)ccc3OC)CC2)C1=O. The van der Waals surface area contributed by atoms with Crippen molar-refractivity contribution in [3.63, 3.8) is 0 Å². The summed E-state index contributed by atoms with van der Waals surface area (Å²) < 4.78 is 43.1. The van der Waals surface area contributed by atoms with E-state index in [1.165, 1.54) is 41.5 Å². The summed E-state index contributed by atoms with van der Waals surface area (Å²) >= 11 is 0. The molecule has 2 heterocycles. The van der Waals surface area contributed by atoms with Gasteiger partial charge in [-0.25, -0.2) is 13.2 Å². The lowest BCUT2D eigenvalue weighted by Crippen LogP contribution is -2.48. The smallest absolute Gasteiger partial charge is 0.327 e. The highest BCUT2D eigenvalue weighted by molar-refractivity contribution is 7.89. The van der Waals surface area contributed by atoms with Crippen LogP contribution in [0, 0.1) is 0 Å². The Balaban J connectivity index is 1.70. The van der Waals surface area contributed by atoms with Crippen molar-refractivity contribution in [3.8, 4) is 11.5 Å². The lowest BCUT2D eigenvalue weighted by Gasteiger charge is -2.35. The molecule has 2 saturated heterocycles. The van der Waals surface area contributed by atoms with Crippen LogP contribution in [-0.2, 0) is 19.6 Å². The van der Waals surface area contributed by atoms with Crippen LogP contribution in [0.2, 0.25) is 0 Å². The van der Waals surface area contributed by atoms with Gasteiger partial charge in [-0.15, -0.1) is 0 Å². The number of urea groups is 1. The minimum atomic E-state index is -3.80. The average Bonchev–Trinajstić information content (AvgIpc) is 3.05. The van der Waals surface area contributed by atoms with Crippen molar-refractivity contribution in [1.82, 2.24) is 14.1 Å². The number of ether oxygens (including phenoxy) is 3. The van der Waals surface area contributed by atoms with E-state index in [0.717, 1.165) is 0 Å². The molecule has 11 heteroatoms. The molecule has 166 valence electrons. The van der Waals surface area contributed by atoms with Crippen molar-refractivity contribution in [2.45, 2.75) is 23.8 Å². The fourth-order valence-electron chi connectivity index (χ4n) is 3.77. The number of rotatable bonds is 8. The Morgan fingerprint density at radius 2 is 1.77 bits per heavy atom. The summed E-state index contributed by atoms with van der Waals surface area (Å²) in [5.41, 5.74) is 0. The zero-order valence-corrected chi connectivity index (χ0v) is 18.2. The van der Waals surface area contributed by atoms with Gasteiger partial charge in [-0.3, -0.25) is 9.69 Å². The Bertz CT molecular complexity index is 897. The normalized spacial score (nSPS) is 18.9. The minimum Gasteiger partial charge on any atom is -0.497 e. The van der Waals surface area contributed by atoms with E-state index in [9.17, 15) is 18.0 Å². The standard InChI is InChI=1S/C19H27N3O7S/c1-27-11-10-21-18(23)13-22(19(21)24)14-6-8-20(9-7-14)30(25,26)17-12-15(28-2)4-5-16(17)29-3/h4-5,12,14H,6-11,13H2,1-3H3. The number of amides is 3. The highest BCUT2D eigenvalue weighted by atomic mass is 32.2. The van der Waals surface area contributed by atoms with Crippen LogP contribution in [0.25, 0.3) is 0 Å². The van der Waals surface area contributed by atoms with Crippen molar-refractivity contribution in [1.29, 1.82) is 0 Å². The van der Waals surface area contributed by atoms with Crippen LogP contribution in [0.5, 0.6) is 11.5 Å². The second-order valence-corrected chi connectivity index (χ2v) is 9.01. The third-order valence-corrected chi connectivity index (χ3v) is 7.37. The van der Waals surface area contributed by atoms with Crippen molar-refractivity contribution >= 4 is 22.0 Å². The molecule has 1 aromatic rings. The highest BCUT2D eigenvalue weighted by Crippen LogP contribution is 2.32. The number of carbonyl (C=O) groups excluding carboxylic acids is 2. The number of imide groups is 1. The van der Waals surface area contributed by atoms with Crippen LogP contribution in [0.15, 0.2) is 23.1 Å². The van der Waals surface area contributed by atoms with Crippen molar-refractivity contribution in [2.75, 3.05) is 54.1 Å². The predicted molar refractivity (Wildman–Crippen MR) is 107 cm³/mol. The molecule has 3 amide bonds. The Hall–Kier alpha value is -2.37. The number of hydrogen-bond acceptors (Lipinski definition) is 7. The molecule has 2 fully saturated rings. The molecule has 2 aliphatic rings. The van der Waals surface area contributed by atoms with E-state index >= 15 is 0 Å². The molecule has 0 bridgehead atoms. The van der Waals surface area contributed by atoms with Gasteiger partial charge in [-0.1, -0.05) is 0 Å². The summed E-state index contributed by atoms with van der Waals surface area (Å²) in [5, 5.41) is 0. The number of sulfonamides is 1. The van der Waals surface area contributed by atoms with Gasteiger partial charge in [0, 0.05) is 32.3 Å². The maximum absolute atomic E-state index is 13.2. The van der Waals surface area contributed by atoms with Crippen LogP contribution in [0.1, 0.15) is 12.8 Å². The summed E-state index contributed by atoms with van der Waals surface area (Å²) in [6, 6.07) is 4.11. The maximum Gasteiger partial charge on any atom is 0.327 e. The average molecular weight is 442 g/mol. The summed E-state index contributed by atoms with van der Waals surface area (Å²) in [5.74, 6) is 0.404. The quantitative estimate of drug-likeness (QED) is 0.549. The molecule has 0 spiro atoms. The molecule has 30 heavy (non-hydrogen) atoms. The molecule has 0 saturated carbocycles. The summed E-state index contributed by atoms with van der Waals surface area (Å²) in [6.45, 7) is 0.994. The predicted octanol–water partition coefficient (Wildman–Crippen LogP) is 0.768. The van der Waals surface area contributed by atoms with Gasteiger partial charge in [0.15, 0.2) is 0 Å². The fraction of sp³-hybridized carbons (Fsp3) is 0.579. The molecule has 3 rings (SSSR count). The zero-order valence-electron chi connectivity index (χ0n) is 17.4. The lowest BCUT2D eigenvalue weighted by atomic mass is 10.1. The lowest BCUT2D eigenvalue weighted by molar-refractivity contribution is -0.125. The molecule has 0 aliphatic carbocycles. The number of piperidine rings is 1. The first-order valence-electron chi connectivity index (χ1n) is 9.65. The molecule has 10 nitrogen and oxygen atoms in total. The van der Waals surface area contributed by atoms with E-state index in [4.69, 9.17) is 14.2 Å². The first kappa shape index (κ1) is 22.3. The number of nitrogens with zero attached hydrogens (tertiary/aromatic N) is 3.